The van der Waals surface area contributed by atoms with Gasteiger partial charge in [-0.1, -0.05) is 19.3 Å². The Morgan fingerprint density at radius 3 is 2.71 bits per heavy atom. The highest BCUT2D eigenvalue weighted by Gasteiger charge is 2.11. The summed E-state index contributed by atoms with van der Waals surface area (Å²) >= 11 is 0. The van der Waals surface area contributed by atoms with Gasteiger partial charge in [0.2, 0.25) is 0 Å². The maximum atomic E-state index is 8.61. The lowest BCUT2D eigenvalue weighted by atomic mass is 9.95. The molecule has 14 heavy (non-hydrogen) atoms. The van der Waals surface area contributed by atoms with Crippen LogP contribution in [0, 0.1) is 17.2 Å². The van der Waals surface area contributed by atoms with Crippen LogP contribution in [0.2, 0.25) is 0 Å². The van der Waals surface area contributed by atoms with Crippen LogP contribution in [-0.2, 0) is 0 Å². The molecule has 0 radical (unpaired) electrons. The largest absolute Gasteiger partial charge is 0.314 e. The molecule has 0 heterocycles. The van der Waals surface area contributed by atoms with E-state index in [4.69, 9.17) is 5.26 Å². The van der Waals surface area contributed by atoms with Gasteiger partial charge in [0.1, 0.15) is 0 Å². The topological polar surface area (TPSA) is 35.8 Å². The third-order valence-corrected chi connectivity index (χ3v) is 3.07. The van der Waals surface area contributed by atoms with Crippen molar-refractivity contribution in [3.63, 3.8) is 0 Å². The number of hydrogen-bond donors (Lipinski definition) is 1. The van der Waals surface area contributed by atoms with Crippen molar-refractivity contribution in [1.29, 1.82) is 5.26 Å². The number of nitrogens with zero attached hydrogens (tertiary/aromatic N) is 1. The molecule has 0 amide bonds. The Morgan fingerprint density at radius 1 is 1.36 bits per heavy atom. The molecule has 0 aliphatic heterocycles. The van der Waals surface area contributed by atoms with Crippen LogP contribution in [0.25, 0.3) is 0 Å². The third kappa shape index (κ3) is 4.62. The predicted octanol–water partition coefficient (Wildman–Crippen LogP) is 2.85. The van der Waals surface area contributed by atoms with Crippen LogP contribution in [0.1, 0.15) is 51.9 Å². The van der Waals surface area contributed by atoms with E-state index in [1.54, 1.807) is 0 Å². The van der Waals surface area contributed by atoms with Crippen molar-refractivity contribution in [2.24, 2.45) is 5.92 Å². The average Bonchev–Trinajstić information content (AvgIpc) is 2.25. The van der Waals surface area contributed by atoms with Crippen LogP contribution in [0.5, 0.6) is 0 Å². The second kappa shape index (κ2) is 6.84. The first kappa shape index (κ1) is 11.5. The summed E-state index contributed by atoms with van der Waals surface area (Å²) in [5.41, 5.74) is 0. The van der Waals surface area contributed by atoms with Gasteiger partial charge in [-0.25, -0.2) is 0 Å². The molecule has 1 fully saturated rings. The Bertz CT molecular complexity index is 177. The van der Waals surface area contributed by atoms with Crippen LogP contribution < -0.4 is 5.32 Å². The summed E-state index contributed by atoms with van der Waals surface area (Å²) in [6, 6.07) is 3.04. The fourth-order valence-electron chi connectivity index (χ4n) is 2.09. The summed E-state index contributed by atoms with van der Waals surface area (Å²) in [5.74, 6) is 0.225. The van der Waals surface area contributed by atoms with Crippen molar-refractivity contribution in [3.05, 3.63) is 0 Å². The fourth-order valence-corrected chi connectivity index (χ4v) is 2.09. The molecule has 2 nitrogen and oxygen atoms in total. The van der Waals surface area contributed by atoms with Gasteiger partial charge in [0, 0.05) is 12.0 Å². The summed E-state index contributed by atoms with van der Waals surface area (Å²) in [6.45, 7) is 3.09. The molecule has 1 atom stereocenters. The van der Waals surface area contributed by atoms with Gasteiger partial charge in [-0.15, -0.1) is 0 Å². The lowest BCUT2D eigenvalue weighted by Crippen LogP contribution is -2.31. The number of nitriles is 1. The zero-order chi connectivity index (χ0) is 10.2. The number of nitrogens with one attached hydrogen (secondary N) is 1. The molecule has 0 aromatic carbocycles. The highest BCUT2D eigenvalue weighted by atomic mass is 14.9. The summed E-state index contributed by atoms with van der Waals surface area (Å²) in [6.07, 6.45) is 9.10. The summed E-state index contributed by atoms with van der Waals surface area (Å²) in [7, 11) is 0. The highest BCUT2D eigenvalue weighted by molar-refractivity contribution is 4.78. The lowest BCUT2D eigenvalue weighted by Gasteiger charge is -2.22. The third-order valence-electron chi connectivity index (χ3n) is 3.07. The Morgan fingerprint density at radius 2 is 2.07 bits per heavy atom. The first-order chi connectivity index (χ1) is 6.83. The van der Waals surface area contributed by atoms with Crippen LogP contribution in [0.4, 0.5) is 0 Å². The van der Waals surface area contributed by atoms with E-state index >= 15 is 0 Å². The molecule has 2 heteroatoms. The van der Waals surface area contributed by atoms with Crippen molar-refractivity contribution in [3.8, 4) is 6.07 Å². The van der Waals surface area contributed by atoms with E-state index in [1.807, 2.05) is 6.92 Å². The van der Waals surface area contributed by atoms with Gasteiger partial charge in [0.15, 0.2) is 0 Å². The van der Waals surface area contributed by atoms with Crippen molar-refractivity contribution in [2.45, 2.75) is 57.9 Å². The van der Waals surface area contributed by atoms with Gasteiger partial charge >= 0.3 is 0 Å². The van der Waals surface area contributed by atoms with E-state index in [0.29, 0.717) is 0 Å². The maximum absolute atomic E-state index is 8.61. The van der Waals surface area contributed by atoms with Gasteiger partial charge in [-0.2, -0.15) is 5.26 Å². The molecule has 1 N–H and O–H groups in total. The molecule has 80 valence electrons. The first-order valence-electron chi connectivity index (χ1n) is 5.96. The minimum Gasteiger partial charge on any atom is -0.314 e. The van der Waals surface area contributed by atoms with Crippen LogP contribution in [0.15, 0.2) is 0 Å². The zero-order valence-electron chi connectivity index (χ0n) is 9.26. The Kier molecular flexibility index (Phi) is 5.63. The smallest absolute Gasteiger partial charge is 0.0652 e. The Balaban J connectivity index is 1.95. The molecule has 0 spiro atoms. The van der Waals surface area contributed by atoms with Gasteiger partial charge < -0.3 is 5.32 Å². The molecular formula is C12H22N2. The standard InChI is InChI=1S/C12H22N2/c1-11(10-13)6-5-9-14-12-7-3-2-4-8-12/h11-12,14H,2-9H2,1H3. The molecular weight excluding hydrogens is 172 g/mol. The van der Waals surface area contributed by atoms with Crippen molar-refractivity contribution in [2.75, 3.05) is 6.54 Å². The minimum absolute atomic E-state index is 0.225. The van der Waals surface area contributed by atoms with Crippen LogP contribution in [0.3, 0.4) is 0 Å². The summed E-state index contributed by atoms with van der Waals surface area (Å²) in [4.78, 5) is 0. The molecule has 0 saturated heterocycles. The second-order valence-corrected chi connectivity index (χ2v) is 4.46. The van der Waals surface area contributed by atoms with Crippen LogP contribution in [-0.4, -0.2) is 12.6 Å². The van der Waals surface area contributed by atoms with Gasteiger partial charge in [-0.05, 0) is 39.2 Å². The first-order valence-corrected chi connectivity index (χ1v) is 5.96. The molecule has 1 aliphatic rings. The zero-order valence-corrected chi connectivity index (χ0v) is 9.26. The van der Waals surface area contributed by atoms with E-state index in [9.17, 15) is 0 Å². The quantitative estimate of drug-likeness (QED) is 0.683. The predicted molar refractivity (Wildman–Crippen MR) is 58.9 cm³/mol. The SMILES string of the molecule is CC(C#N)CCCNC1CCCCC1. The fraction of sp³-hybridized carbons (Fsp3) is 0.917. The van der Waals surface area contributed by atoms with Gasteiger partial charge in [0.05, 0.1) is 6.07 Å². The molecule has 0 bridgehead atoms. The monoisotopic (exact) mass is 194 g/mol. The minimum atomic E-state index is 0.225. The molecule has 1 saturated carbocycles. The molecule has 1 unspecified atom stereocenters. The van der Waals surface area contributed by atoms with E-state index in [2.05, 4.69) is 11.4 Å². The van der Waals surface area contributed by atoms with Crippen LogP contribution >= 0.6 is 0 Å². The number of hydrogen-bond acceptors (Lipinski definition) is 2. The van der Waals surface area contributed by atoms with Gasteiger partial charge in [-0.3, -0.25) is 0 Å². The normalized spacial score (nSPS) is 20.3. The van der Waals surface area contributed by atoms with E-state index < -0.39 is 0 Å². The molecule has 1 rings (SSSR count). The van der Waals surface area contributed by atoms with E-state index in [0.717, 1.165) is 25.4 Å². The van der Waals surface area contributed by atoms with Gasteiger partial charge in [0.25, 0.3) is 0 Å². The molecule has 0 aromatic heterocycles. The Labute approximate surface area is 87.7 Å². The van der Waals surface area contributed by atoms with Crippen molar-refractivity contribution in [1.82, 2.24) is 5.32 Å². The lowest BCUT2D eigenvalue weighted by molar-refractivity contribution is 0.368. The maximum Gasteiger partial charge on any atom is 0.0652 e. The number of rotatable bonds is 5. The molecule has 0 aromatic rings. The molecule has 1 aliphatic carbocycles. The van der Waals surface area contributed by atoms with Crippen molar-refractivity contribution >= 4 is 0 Å². The second-order valence-electron chi connectivity index (χ2n) is 4.46. The summed E-state index contributed by atoms with van der Waals surface area (Å²) < 4.78 is 0. The Hall–Kier alpha value is -0.550. The van der Waals surface area contributed by atoms with Crippen molar-refractivity contribution < 1.29 is 0 Å². The summed E-state index contributed by atoms with van der Waals surface area (Å²) in [5, 5.41) is 12.2. The average molecular weight is 194 g/mol. The van der Waals surface area contributed by atoms with E-state index in [1.165, 1.54) is 32.1 Å². The highest BCUT2D eigenvalue weighted by Crippen LogP contribution is 2.17. The van der Waals surface area contributed by atoms with E-state index in [-0.39, 0.29) is 5.92 Å².